The van der Waals surface area contributed by atoms with Crippen molar-refractivity contribution in [3.05, 3.63) is 432 Å². The summed E-state index contributed by atoms with van der Waals surface area (Å²) in [5.41, 5.74) is 34.0. The molecule has 0 bridgehead atoms. The maximum atomic E-state index is 7.92. The Bertz CT molecular complexity index is 9860. The molecule has 12 aromatic heterocycles. The van der Waals surface area contributed by atoms with Gasteiger partial charge in [-0.1, -0.05) is 292 Å². The highest BCUT2D eigenvalue weighted by molar-refractivity contribution is 7.26. The normalized spacial score (nSPS) is 12.2. The van der Waals surface area contributed by atoms with Gasteiger partial charge in [0.15, 0.2) is 5.69 Å². The number of thiophene rings is 1. The number of hydrogen-bond acceptors (Lipinski definition) is 2. The van der Waals surface area contributed by atoms with Gasteiger partial charge in [-0.05, 0) is 184 Å². The largest absolute Gasteiger partial charge is 0.456 e. The minimum Gasteiger partial charge on any atom is -0.456 e. The van der Waals surface area contributed by atoms with Gasteiger partial charge in [0.25, 0.3) is 34.2 Å². The highest BCUT2D eigenvalue weighted by atomic mass is 32.1. The molecule has 0 N–H and O–H groups in total. The molecule has 0 unspecified atom stereocenters. The van der Waals surface area contributed by atoms with Crippen molar-refractivity contribution in [3.8, 4) is 45.4 Å². The first-order chi connectivity index (χ1) is 72.9. The quantitative estimate of drug-likeness (QED) is 0.105. The van der Waals surface area contributed by atoms with E-state index in [1.54, 1.807) is 6.07 Å². The third-order valence-corrected chi connectivity index (χ3v) is 31.8. The monoisotopic (exact) mass is 1960 g/mol. The maximum Gasteiger partial charge on any atom is 0.295 e. The second kappa shape index (κ2) is 38.8. The first kappa shape index (κ1) is 92.7. The molecule has 0 fully saturated rings. The molecule has 0 saturated carbocycles. The lowest BCUT2D eigenvalue weighted by molar-refractivity contribution is -0.659. The summed E-state index contributed by atoms with van der Waals surface area (Å²) in [7, 11) is 12.7. The van der Waals surface area contributed by atoms with Gasteiger partial charge in [0.05, 0.1) is 75.0 Å². The summed E-state index contributed by atoms with van der Waals surface area (Å²) in [5.74, 6) is 3.93. The van der Waals surface area contributed by atoms with Gasteiger partial charge in [-0.25, -0.2) is 27.4 Å². The summed E-state index contributed by atoms with van der Waals surface area (Å²) in [6, 6.07) is 105. The van der Waals surface area contributed by atoms with Crippen LogP contribution in [0.25, 0.3) is 197 Å². The zero-order chi connectivity index (χ0) is 105. The third kappa shape index (κ3) is 16.3. The lowest BCUT2D eigenvalue weighted by Gasteiger charge is -2.19. The first-order valence-electron chi connectivity index (χ1n) is 53.3. The van der Waals surface area contributed by atoms with Crippen molar-refractivity contribution in [1.29, 1.82) is 0 Å². The second-order valence-electron chi connectivity index (χ2n) is 41.5. The molecule has 27 rings (SSSR count). The van der Waals surface area contributed by atoms with E-state index >= 15 is 0 Å². The van der Waals surface area contributed by atoms with Crippen molar-refractivity contribution in [2.75, 3.05) is 0 Å². The number of rotatable bonds is 9. The number of pyridine rings is 4. The molecule has 0 spiro atoms. The van der Waals surface area contributed by atoms with Crippen LogP contribution in [0, 0.1) is 55.3 Å². The van der Waals surface area contributed by atoms with Crippen LogP contribution in [0.15, 0.2) is 370 Å². The summed E-state index contributed by atoms with van der Waals surface area (Å²) in [6.45, 7) is 31.5. The Labute approximate surface area is 873 Å². The second-order valence-corrected chi connectivity index (χ2v) is 42.5. The number of imidazole rings is 6. The Morgan fingerprint density at radius 3 is 1.22 bits per heavy atom. The molecule has 0 amide bonds. The molecule has 0 saturated heterocycles. The zero-order valence-electron chi connectivity index (χ0n) is 91.6. The van der Waals surface area contributed by atoms with Crippen molar-refractivity contribution in [3.63, 3.8) is 0 Å². The summed E-state index contributed by atoms with van der Waals surface area (Å²) < 4.78 is 60.1. The van der Waals surface area contributed by atoms with Crippen LogP contribution in [0.5, 0.6) is 0 Å². The highest BCUT2D eigenvalue weighted by Gasteiger charge is 2.35. The molecule has 0 aliphatic heterocycles. The predicted octanol–water partition coefficient (Wildman–Crippen LogP) is 31.1. The number of nitrogens with zero attached hydrogens (tertiary/aromatic N) is 12. The lowest BCUT2D eigenvalue weighted by atomic mass is 9.89. The summed E-state index contributed by atoms with van der Waals surface area (Å²) in [4.78, 5) is 0. The van der Waals surface area contributed by atoms with Gasteiger partial charge in [-0.2, -0.15) is 26.7 Å². The van der Waals surface area contributed by atoms with Gasteiger partial charge in [-0.3, -0.25) is 0 Å². The molecule has 14 heteroatoms. The SMILES string of the molecule is Cc1cccc2c1c1cccc(C)c1c1n2cc[n+]1C.Cc1cccc2c3ccccc3[n+]3cc(-c4ccccc4)n(C)c3c12.Cc1cccc2c3ccccc3n3cc[n+](C)c3c12.Cc1ccccc1-c1n(-c2c(C(C)C)cc3c(oc4ccccc43)c2C(C)C)cc[n+]1C.Cc1ccccc1-c1n(-c2c(C(C)C)cc3c(sc4ccccc43)c2C(C)C)cc[n+]1C.[2H]C([2H])([2H])c1cccc2c1c1cccc(C)c1c1n2cc[n+]1C. The van der Waals surface area contributed by atoms with Gasteiger partial charge in [-0.15, -0.1) is 11.3 Å². The first-order valence-corrected chi connectivity index (χ1v) is 52.6. The number of benzene rings is 15. The van der Waals surface area contributed by atoms with Crippen LogP contribution in [0.4, 0.5) is 0 Å². The van der Waals surface area contributed by atoms with Crippen molar-refractivity contribution in [2.24, 2.45) is 42.3 Å². The number of aromatic nitrogens is 12. The maximum absolute atomic E-state index is 7.92. The number of aryl methyl sites for hydroxylation is 14. The minimum absolute atomic E-state index is 0.309. The van der Waals surface area contributed by atoms with E-state index in [0.29, 0.717) is 29.2 Å². The van der Waals surface area contributed by atoms with Crippen LogP contribution in [0.3, 0.4) is 0 Å². The Balaban J connectivity index is 0.000000103. The summed E-state index contributed by atoms with van der Waals surface area (Å²) >= 11 is 1.94. The van der Waals surface area contributed by atoms with E-state index < -0.39 is 6.85 Å². The van der Waals surface area contributed by atoms with E-state index in [-0.39, 0.29) is 0 Å². The number of hydrogen-bond donors (Lipinski definition) is 0. The smallest absolute Gasteiger partial charge is 0.295 e. The standard InChI is InChI=1S/C29H31N2O.C29H31N2S.C23H19N2.2C18H17N2.C17H15N2/c2*1-18(2)23-17-24-22-13-9-10-14-25(22)32-28(24)26(19(3)4)27(23)31-16-15-30(6)29(31)21-12-8-7-11-20(21)5;1-16-9-8-13-19-18-12-6-7-14-20(18)25-15-21(17-10-4-3-5-11-17)24(2)23(25)22(16)19;2*1-12-7-5-9-15-16(12)14-8-4-6-13(2)17(14)18-19(3)10-11-20(15)18;1-12-6-5-8-14-13-7-3-4-9-15(13)19-11-10-18(2)17(19)16(12)14/h2*7-19H,1-6H3;3-15H,1-2H3;2*4-11H,1-3H3;3-11H,1-2H3/q6*+1/i;;;1D3;;. The Morgan fingerprint density at radius 1 is 0.311 bits per heavy atom. The third-order valence-electron chi connectivity index (χ3n) is 30.5. The van der Waals surface area contributed by atoms with Gasteiger partial charge in [0.1, 0.15) is 113 Å². The fourth-order valence-corrected chi connectivity index (χ4v) is 24.8. The van der Waals surface area contributed by atoms with Crippen molar-refractivity contribution in [1.82, 2.24) is 26.9 Å². The van der Waals surface area contributed by atoms with Crippen LogP contribution in [0.1, 0.15) is 150 Å². The number of furan rings is 1. The van der Waals surface area contributed by atoms with Crippen LogP contribution in [-0.4, -0.2) is 26.9 Å². The van der Waals surface area contributed by atoms with Crippen LogP contribution >= 0.6 is 11.3 Å². The molecule has 0 aliphatic rings. The number of fused-ring (bicyclic) bond motifs is 30. The van der Waals surface area contributed by atoms with Crippen LogP contribution in [-0.2, 0) is 42.3 Å². The average molecular weight is 1960 g/mol. The number of para-hydroxylation sites is 3. The summed E-state index contributed by atoms with van der Waals surface area (Å²) in [5, 5.41) is 20.1. The van der Waals surface area contributed by atoms with Crippen LogP contribution in [0.2, 0.25) is 0 Å². The fraction of sp³-hybridized carbons (Fsp3) is 0.194. The molecule has 732 valence electrons. The predicted molar refractivity (Wildman–Crippen MR) is 619 cm³/mol. The van der Waals surface area contributed by atoms with Gasteiger partial charge < -0.3 is 4.42 Å². The molecule has 13 nitrogen and oxygen atoms in total. The fourth-order valence-electron chi connectivity index (χ4n) is 23.5. The van der Waals surface area contributed by atoms with Crippen molar-refractivity contribution >= 4 is 163 Å². The van der Waals surface area contributed by atoms with Crippen LogP contribution < -0.4 is 27.2 Å². The van der Waals surface area contributed by atoms with E-state index in [9.17, 15) is 0 Å². The van der Waals surface area contributed by atoms with Crippen molar-refractivity contribution in [2.45, 2.75) is 134 Å². The van der Waals surface area contributed by atoms with E-state index in [4.69, 9.17) is 8.53 Å². The topological polar surface area (TPSA) is 64.7 Å². The van der Waals surface area contributed by atoms with Gasteiger partial charge in [0.2, 0.25) is 0 Å². The Kier molecular flexibility index (Phi) is 24.3. The molecular weight excluding hydrogens is 1830 g/mol. The minimum atomic E-state index is -2.14. The molecule has 0 aliphatic carbocycles. The zero-order valence-corrected chi connectivity index (χ0v) is 89.4. The van der Waals surface area contributed by atoms with Crippen molar-refractivity contribution < 1.29 is 35.8 Å². The molecule has 0 atom stereocenters. The molecule has 27 aromatic rings. The van der Waals surface area contributed by atoms with E-state index in [0.717, 1.165) is 44.1 Å². The molecule has 12 heterocycles. The molecule has 148 heavy (non-hydrogen) atoms. The van der Waals surface area contributed by atoms with E-state index in [1.807, 2.05) is 61.1 Å². The molecular formula is C134H130N12OS+6. The average Bonchev–Trinajstić information content (AvgIpc) is 1.61. The van der Waals surface area contributed by atoms with Gasteiger partial charge in [0, 0.05) is 106 Å². The summed E-state index contributed by atoms with van der Waals surface area (Å²) in [6.07, 6.45) is 23.6. The Morgan fingerprint density at radius 2 is 0.696 bits per heavy atom. The molecule has 0 radical (unpaired) electrons. The van der Waals surface area contributed by atoms with Gasteiger partial charge >= 0.3 is 0 Å². The Hall–Kier alpha value is -16.4. The van der Waals surface area contributed by atoms with E-state index in [1.165, 1.54) is 214 Å². The van der Waals surface area contributed by atoms with E-state index in [2.05, 4.69) is 510 Å². The highest BCUT2D eigenvalue weighted by Crippen LogP contribution is 2.48. The molecule has 15 aromatic carbocycles. The lowest BCUT2D eigenvalue weighted by Crippen LogP contribution is -2.29.